The Kier molecular flexibility index (Phi) is 3.62. The summed E-state index contributed by atoms with van der Waals surface area (Å²) < 4.78 is 22.9. The largest absolute Gasteiger partial charge is 0.308 e. The molecule has 106 valence electrons. The van der Waals surface area contributed by atoms with Crippen molar-refractivity contribution in [1.82, 2.24) is 10.3 Å². The number of hydrogen-bond donors (Lipinski definition) is 1. The molecule has 0 amide bonds. The predicted octanol–water partition coefficient (Wildman–Crippen LogP) is 2.64. The van der Waals surface area contributed by atoms with Gasteiger partial charge in [0.05, 0.1) is 16.6 Å². The number of benzene rings is 1. The zero-order valence-corrected chi connectivity index (χ0v) is 12.8. The minimum atomic E-state index is -3.14. The lowest BCUT2D eigenvalue weighted by atomic mass is 10.2. The van der Waals surface area contributed by atoms with Crippen LogP contribution in [0, 0.1) is 0 Å². The molecule has 1 N–H and O–H groups in total. The fourth-order valence-corrected chi connectivity index (χ4v) is 3.92. The van der Waals surface area contributed by atoms with Gasteiger partial charge in [-0.1, -0.05) is 12.1 Å². The topological polar surface area (TPSA) is 59.1 Å². The van der Waals surface area contributed by atoms with E-state index in [1.807, 2.05) is 17.5 Å². The standard InChI is InChI=1S/C14H16N2O2S2/c1-20(17,18)11-6-4-10(5-7-11)13-9-19-14(16-13)12-3-2-8-15-12/h4-7,9,12,15H,2-3,8H2,1H3. The van der Waals surface area contributed by atoms with Crippen molar-refractivity contribution in [1.29, 1.82) is 0 Å². The second kappa shape index (κ2) is 5.27. The lowest BCUT2D eigenvalue weighted by Gasteiger charge is -2.04. The highest BCUT2D eigenvalue weighted by Gasteiger charge is 2.19. The molecule has 0 radical (unpaired) electrons. The summed E-state index contributed by atoms with van der Waals surface area (Å²) in [5, 5.41) is 6.58. The molecule has 1 aliphatic rings. The van der Waals surface area contributed by atoms with E-state index in [-0.39, 0.29) is 0 Å². The highest BCUT2D eigenvalue weighted by Crippen LogP contribution is 2.30. The number of rotatable bonds is 3. The lowest BCUT2D eigenvalue weighted by Crippen LogP contribution is -2.12. The van der Waals surface area contributed by atoms with Crippen molar-refractivity contribution < 1.29 is 8.42 Å². The van der Waals surface area contributed by atoms with Crippen LogP contribution in [-0.4, -0.2) is 26.2 Å². The SMILES string of the molecule is CS(=O)(=O)c1ccc(-c2csc(C3CCCN3)n2)cc1. The maximum atomic E-state index is 11.4. The molecule has 1 aliphatic heterocycles. The molecule has 2 heterocycles. The predicted molar refractivity (Wildman–Crippen MR) is 80.6 cm³/mol. The van der Waals surface area contributed by atoms with E-state index in [9.17, 15) is 8.42 Å². The van der Waals surface area contributed by atoms with Crippen molar-refractivity contribution in [3.63, 3.8) is 0 Å². The van der Waals surface area contributed by atoms with Crippen LogP contribution >= 0.6 is 11.3 Å². The number of sulfone groups is 1. The van der Waals surface area contributed by atoms with Gasteiger partial charge >= 0.3 is 0 Å². The molecule has 0 bridgehead atoms. The van der Waals surface area contributed by atoms with Gasteiger partial charge in [0.15, 0.2) is 9.84 Å². The molecule has 6 heteroatoms. The van der Waals surface area contributed by atoms with Crippen LogP contribution < -0.4 is 5.32 Å². The van der Waals surface area contributed by atoms with E-state index >= 15 is 0 Å². The second-order valence-corrected chi connectivity index (χ2v) is 7.92. The zero-order chi connectivity index (χ0) is 14.2. The molecule has 1 aromatic heterocycles. The zero-order valence-electron chi connectivity index (χ0n) is 11.2. The van der Waals surface area contributed by atoms with Crippen LogP contribution in [0.25, 0.3) is 11.3 Å². The highest BCUT2D eigenvalue weighted by molar-refractivity contribution is 7.90. The third-order valence-electron chi connectivity index (χ3n) is 3.46. The third kappa shape index (κ3) is 2.77. The molecular formula is C14H16N2O2S2. The van der Waals surface area contributed by atoms with E-state index in [1.54, 1.807) is 23.5 Å². The van der Waals surface area contributed by atoms with Gasteiger partial charge in [-0.2, -0.15) is 0 Å². The summed E-state index contributed by atoms with van der Waals surface area (Å²) >= 11 is 1.66. The molecule has 0 spiro atoms. The van der Waals surface area contributed by atoms with Gasteiger partial charge in [0.1, 0.15) is 5.01 Å². The summed E-state index contributed by atoms with van der Waals surface area (Å²) in [5.41, 5.74) is 1.87. The van der Waals surface area contributed by atoms with E-state index in [1.165, 1.54) is 12.7 Å². The van der Waals surface area contributed by atoms with Gasteiger partial charge in [0, 0.05) is 17.2 Å². The van der Waals surface area contributed by atoms with Crippen molar-refractivity contribution in [3.8, 4) is 11.3 Å². The van der Waals surface area contributed by atoms with Crippen molar-refractivity contribution >= 4 is 21.2 Å². The molecule has 0 saturated carbocycles. The Morgan fingerprint density at radius 3 is 2.65 bits per heavy atom. The van der Waals surface area contributed by atoms with E-state index in [2.05, 4.69) is 10.3 Å². The maximum Gasteiger partial charge on any atom is 0.175 e. The molecule has 2 aromatic rings. The number of nitrogens with zero attached hydrogens (tertiary/aromatic N) is 1. The van der Waals surface area contributed by atoms with Gasteiger partial charge in [0.2, 0.25) is 0 Å². The Morgan fingerprint density at radius 1 is 1.30 bits per heavy atom. The second-order valence-electron chi connectivity index (χ2n) is 5.02. The molecule has 1 aromatic carbocycles. The Hall–Kier alpha value is -1.24. The Bertz CT molecular complexity index is 699. The lowest BCUT2D eigenvalue weighted by molar-refractivity contribution is 0.602. The van der Waals surface area contributed by atoms with Gasteiger partial charge in [-0.3, -0.25) is 0 Å². The molecule has 0 aliphatic carbocycles. The molecule has 1 unspecified atom stereocenters. The summed E-state index contributed by atoms with van der Waals surface area (Å²) in [6, 6.07) is 7.29. The number of hydrogen-bond acceptors (Lipinski definition) is 5. The monoisotopic (exact) mass is 308 g/mol. The van der Waals surface area contributed by atoms with Crippen LogP contribution in [0.4, 0.5) is 0 Å². The quantitative estimate of drug-likeness (QED) is 0.947. The first kappa shape index (κ1) is 13.7. The van der Waals surface area contributed by atoms with Gasteiger partial charge in [-0.15, -0.1) is 11.3 Å². The minimum absolute atomic E-state index is 0.342. The third-order valence-corrected chi connectivity index (χ3v) is 5.55. The summed E-state index contributed by atoms with van der Waals surface area (Å²) in [4.78, 5) is 5.00. The van der Waals surface area contributed by atoms with Crippen molar-refractivity contribution in [3.05, 3.63) is 34.7 Å². The summed E-state index contributed by atoms with van der Waals surface area (Å²) in [5.74, 6) is 0. The van der Waals surface area contributed by atoms with Crippen LogP contribution in [-0.2, 0) is 9.84 Å². The minimum Gasteiger partial charge on any atom is -0.308 e. The van der Waals surface area contributed by atoms with Crippen molar-refractivity contribution in [2.75, 3.05) is 12.8 Å². The van der Waals surface area contributed by atoms with Gasteiger partial charge in [-0.25, -0.2) is 13.4 Å². The highest BCUT2D eigenvalue weighted by atomic mass is 32.2. The summed E-state index contributed by atoms with van der Waals surface area (Å²) in [6.45, 7) is 1.06. The Morgan fingerprint density at radius 2 is 2.05 bits per heavy atom. The first-order chi connectivity index (χ1) is 9.54. The molecular weight excluding hydrogens is 292 g/mol. The van der Waals surface area contributed by atoms with Crippen molar-refractivity contribution in [2.24, 2.45) is 0 Å². The van der Waals surface area contributed by atoms with Gasteiger partial charge in [0.25, 0.3) is 0 Å². The maximum absolute atomic E-state index is 11.4. The fraction of sp³-hybridized carbons (Fsp3) is 0.357. The van der Waals surface area contributed by atoms with Gasteiger partial charge < -0.3 is 5.32 Å². The number of thiazole rings is 1. The summed E-state index contributed by atoms with van der Waals surface area (Å²) in [7, 11) is -3.14. The molecule has 20 heavy (non-hydrogen) atoms. The van der Waals surface area contributed by atoms with Crippen molar-refractivity contribution in [2.45, 2.75) is 23.8 Å². The van der Waals surface area contributed by atoms with E-state index in [4.69, 9.17) is 0 Å². The first-order valence-corrected chi connectivity index (χ1v) is 9.30. The molecule has 1 saturated heterocycles. The fourth-order valence-electron chi connectivity index (χ4n) is 2.35. The molecule has 1 fully saturated rings. The van der Waals surface area contributed by atoms with Crippen LogP contribution in [0.1, 0.15) is 23.9 Å². The number of aromatic nitrogens is 1. The van der Waals surface area contributed by atoms with Crippen LogP contribution in [0.2, 0.25) is 0 Å². The Labute approximate surface area is 122 Å². The van der Waals surface area contributed by atoms with E-state index < -0.39 is 9.84 Å². The normalized spacial score (nSPS) is 19.4. The molecule has 3 rings (SSSR count). The molecule has 1 atom stereocenters. The Balaban J connectivity index is 1.86. The van der Waals surface area contributed by atoms with Crippen LogP contribution in [0.5, 0.6) is 0 Å². The molecule has 4 nitrogen and oxygen atoms in total. The smallest absolute Gasteiger partial charge is 0.175 e. The average Bonchev–Trinajstić information content (AvgIpc) is 3.09. The van der Waals surface area contributed by atoms with Gasteiger partial charge in [-0.05, 0) is 31.5 Å². The van der Waals surface area contributed by atoms with E-state index in [0.29, 0.717) is 10.9 Å². The van der Waals surface area contributed by atoms with Crippen LogP contribution in [0.15, 0.2) is 34.5 Å². The number of nitrogens with one attached hydrogen (secondary N) is 1. The first-order valence-electron chi connectivity index (χ1n) is 6.53. The average molecular weight is 308 g/mol. The summed E-state index contributed by atoms with van der Waals surface area (Å²) in [6.07, 6.45) is 3.55. The van der Waals surface area contributed by atoms with Crippen LogP contribution in [0.3, 0.4) is 0 Å². The van der Waals surface area contributed by atoms with E-state index in [0.717, 1.165) is 29.2 Å².